The van der Waals surface area contributed by atoms with E-state index in [2.05, 4.69) is 17.2 Å². The highest BCUT2D eigenvalue weighted by Gasteiger charge is 2.16. The summed E-state index contributed by atoms with van der Waals surface area (Å²) in [5.74, 6) is 0. The fourth-order valence-electron chi connectivity index (χ4n) is 2.26. The molecule has 0 bridgehead atoms. The van der Waals surface area contributed by atoms with E-state index in [1.165, 1.54) is 0 Å². The van der Waals surface area contributed by atoms with Crippen LogP contribution in [-0.4, -0.2) is 23.0 Å². The van der Waals surface area contributed by atoms with E-state index in [0.717, 1.165) is 23.8 Å². The SMILES string of the molecule is CCC(Cc1ccc([N+](=O)[O-])c2ncccc12)NC. The number of rotatable bonds is 5. The van der Waals surface area contributed by atoms with Gasteiger partial charge in [0.15, 0.2) is 0 Å². The summed E-state index contributed by atoms with van der Waals surface area (Å²) in [5, 5.41) is 15.1. The number of nitrogens with one attached hydrogen (secondary N) is 1. The van der Waals surface area contributed by atoms with E-state index in [1.54, 1.807) is 12.3 Å². The molecule has 0 saturated carbocycles. The molecular weight excluding hydrogens is 242 g/mol. The van der Waals surface area contributed by atoms with Gasteiger partial charge in [-0.15, -0.1) is 0 Å². The Hall–Kier alpha value is -2.01. The lowest BCUT2D eigenvalue weighted by Crippen LogP contribution is -2.26. The van der Waals surface area contributed by atoms with E-state index in [4.69, 9.17) is 0 Å². The van der Waals surface area contributed by atoms with Gasteiger partial charge in [-0.2, -0.15) is 0 Å². The van der Waals surface area contributed by atoms with Crippen molar-refractivity contribution in [2.75, 3.05) is 7.05 Å². The lowest BCUT2D eigenvalue weighted by atomic mass is 9.99. The second-order valence-corrected chi connectivity index (χ2v) is 4.50. The van der Waals surface area contributed by atoms with Crippen molar-refractivity contribution in [3.05, 3.63) is 46.1 Å². The average molecular weight is 259 g/mol. The van der Waals surface area contributed by atoms with Crippen LogP contribution in [0.2, 0.25) is 0 Å². The fraction of sp³-hybridized carbons (Fsp3) is 0.357. The van der Waals surface area contributed by atoms with Crippen molar-refractivity contribution < 1.29 is 4.92 Å². The van der Waals surface area contributed by atoms with Gasteiger partial charge in [0, 0.05) is 23.7 Å². The van der Waals surface area contributed by atoms with Crippen molar-refractivity contribution >= 4 is 16.6 Å². The van der Waals surface area contributed by atoms with E-state index in [9.17, 15) is 10.1 Å². The maximum absolute atomic E-state index is 11.0. The highest BCUT2D eigenvalue weighted by Crippen LogP contribution is 2.27. The topological polar surface area (TPSA) is 68.1 Å². The Morgan fingerprint density at radius 2 is 2.21 bits per heavy atom. The van der Waals surface area contributed by atoms with Crippen LogP contribution in [0.4, 0.5) is 5.69 Å². The molecule has 2 rings (SSSR count). The number of non-ortho nitro benzene ring substituents is 1. The first-order valence-corrected chi connectivity index (χ1v) is 6.35. The molecular formula is C14H17N3O2. The molecule has 2 aromatic rings. The number of nitro groups is 1. The maximum Gasteiger partial charge on any atom is 0.295 e. The van der Waals surface area contributed by atoms with E-state index in [-0.39, 0.29) is 10.6 Å². The summed E-state index contributed by atoms with van der Waals surface area (Å²) < 4.78 is 0. The largest absolute Gasteiger partial charge is 0.317 e. The van der Waals surface area contributed by atoms with E-state index in [0.29, 0.717) is 11.6 Å². The lowest BCUT2D eigenvalue weighted by molar-refractivity contribution is -0.383. The molecule has 0 aliphatic carbocycles. The minimum atomic E-state index is -0.380. The number of benzene rings is 1. The van der Waals surface area contributed by atoms with Crippen LogP contribution < -0.4 is 5.32 Å². The third kappa shape index (κ3) is 2.71. The summed E-state index contributed by atoms with van der Waals surface area (Å²) in [6.07, 6.45) is 3.44. The zero-order chi connectivity index (χ0) is 13.8. The average Bonchev–Trinajstić information content (AvgIpc) is 2.44. The molecule has 0 aliphatic rings. The number of aromatic nitrogens is 1. The van der Waals surface area contributed by atoms with Gasteiger partial charge in [-0.25, -0.2) is 4.98 Å². The highest BCUT2D eigenvalue weighted by molar-refractivity contribution is 5.89. The molecule has 0 aliphatic heterocycles. The predicted octanol–water partition coefficient (Wildman–Crippen LogP) is 2.68. The summed E-state index contributed by atoms with van der Waals surface area (Å²) in [7, 11) is 1.93. The molecule has 1 N–H and O–H groups in total. The first kappa shape index (κ1) is 13.4. The number of pyridine rings is 1. The zero-order valence-corrected chi connectivity index (χ0v) is 11.1. The van der Waals surface area contributed by atoms with Crippen LogP contribution in [0.3, 0.4) is 0 Å². The Labute approximate surface area is 111 Å². The fourth-order valence-corrected chi connectivity index (χ4v) is 2.26. The molecule has 100 valence electrons. The Balaban J connectivity index is 2.52. The van der Waals surface area contributed by atoms with Gasteiger partial charge in [-0.1, -0.05) is 19.1 Å². The van der Waals surface area contributed by atoms with Gasteiger partial charge in [0.05, 0.1) is 4.92 Å². The third-order valence-corrected chi connectivity index (χ3v) is 3.40. The van der Waals surface area contributed by atoms with Crippen molar-refractivity contribution in [1.29, 1.82) is 0 Å². The lowest BCUT2D eigenvalue weighted by Gasteiger charge is -2.15. The molecule has 5 nitrogen and oxygen atoms in total. The molecule has 1 unspecified atom stereocenters. The summed E-state index contributed by atoms with van der Waals surface area (Å²) in [5.41, 5.74) is 1.63. The van der Waals surface area contributed by atoms with Gasteiger partial charge in [0.1, 0.15) is 5.52 Å². The van der Waals surface area contributed by atoms with Gasteiger partial charge in [-0.3, -0.25) is 10.1 Å². The van der Waals surface area contributed by atoms with Gasteiger partial charge in [0.2, 0.25) is 0 Å². The number of hydrogen-bond donors (Lipinski definition) is 1. The van der Waals surface area contributed by atoms with Crippen molar-refractivity contribution in [3.63, 3.8) is 0 Å². The summed E-state index contributed by atoms with van der Waals surface area (Å²) in [4.78, 5) is 14.8. The standard InChI is InChI=1S/C14H17N3O2/c1-3-11(15-2)9-10-6-7-13(17(18)19)14-12(10)5-4-8-16-14/h4-8,11,15H,3,9H2,1-2H3. The second-order valence-electron chi connectivity index (χ2n) is 4.50. The van der Waals surface area contributed by atoms with Crippen LogP contribution in [-0.2, 0) is 6.42 Å². The number of fused-ring (bicyclic) bond motifs is 1. The quantitative estimate of drug-likeness (QED) is 0.662. The van der Waals surface area contributed by atoms with E-state index >= 15 is 0 Å². The van der Waals surface area contributed by atoms with Crippen molar-refractivity contribution in [1.82, 2.24) is 10.3 Å². The van der Waals surface area contributed by atoms with Gasteiger partial charge in [-0.05, 0) is 31.5 Å². The maximum atomic E-state index is 11.0. The monoisotopic (exact) mass is 259 g/mol. The minimum Gasteiger partial charge on any atom is -0.317 e. The Morgan fingerprint density at radius 3 is 2.84 bits per heavy atom. The number of hydrogen-bond acceptors (Lipinski definition) is 4. The van der Waals surface area contributed by atoms with Gasteiger partial charge >= 0.3 is 0 Å². The first-order valence-electron chi connectivity index (χ1n) is 6.35. The number of nitrogens with zero attached hydrogens (tertiary/aromatic N) is 2. The third-order valence-electron chi connectivity index (χ3n) is 3.40. The minimum absolute atomic E-state index is 0.0665. The second kappa shape index (κ2) is 5.75. The molecule has 0 saturated heterocycles. The first-order chi connectivity index (χ1) is 9.17. The number of nitro benzene ring substituents is 1. The molecule has 1 aromatic carbocycles. The number of likely N-dealkylation sites (N-methyl/N-ethyl adjacent to an activating group) is 1. The van der Waals surface area contributed by atoms with Crippen molar-refractivity contribution in [2.45, 2.75) is 25.8 Å². The van der Waals surface area contributed by atoms with Crippen LogP contribution in [0, 0.1) is 10.1 Å². The molecule has 1 aromatic heterocycles. The molecule has 19 heavy (non-hydrogen) atoms. The van der Waals surface area contributed by atoms with Crippen molar-refractivity contribution in [3.8, 4) is 0 Å². The van der Waals surface area contributed by atoms with Gasteiger partial charge < -0.3 is 5.32 Å². The van der Waals surface area contributed by atoms with Crippen molar-refractivity contribution in [2.24, 2.45) is 0 Å². The van der Waals surface area contributed by atoms with Crippen LogP contribution in [0.25, 0.3) is 10.9 Å². The summed E-state index contributed by atoms with van der Waals surface area (Å²) >= 11 is 0. The normalized spacial score (nSPS) is 12.5. The van der Waals surface area contributed by atoms with Crippen LogP contribution in [0.1, 0.15) is 18.9 Å². The molecule has 0 fully saturated rings. The van der Waals surface area contributed by atoms with Crippen LogP contribution in [0.15, 0.2) is 30.5 Å². The predicted molar refractivity (Wildman–Crippen MR) is 75.2 cm³/mol. The highest BCUT2D eigenvalue weighted by atomic mass is 16.6. The summed E-state index contributed by atoms with van der Waals surface area (Å²) in [6.45, 7) is 2.12. The smallest absolute Gasteiger partial charge is 0.295 e. The van der Waals surface area contributed by atoms with E-state index in [1.807, 2.05) is 25.2 Å². The molecule has 0 amide bonds. The molecule has 0 spiro atoms. The Kier molecular flexibility index (Phi) is 4.06. The van der Waals surface area contributed by atoms with Crippen LogP contribution >= 0.6 is 0 Å². The molecule has 5 heteroatoms. The Bertz CT molecular complexity index is 594. The Morgan fingerprint density at radius 1 is 1.42 bits per heavy atom. The molecule has 1 atom stereocenters. The summed E-state index contributed by atoms with van der Waals surface area (Å²) in [6, 6.07) is 7.46. The van der Waals surface area contributed by atoms with Gasteiger partial charge in [0.25, 0.3) is 5.69 Å². The molecule has 0 radical (unpaired) electrons. The zero-order valence-electron chi connectivity index (χ0n) is 11.1. The van der Waals surface area contributed by atoms with Crippen LogP contribution in [0.5, 0.6) is 0 Å². The van der Waals surface area contributed by atoms with E-state index < -0.39 is 0 Å². The molecule has 1 heterocycles.